The Labute approximate surface area is 110 Å². The topological polar surface area (TPSA) is 55.1 Å². The lowest BCUT2D eigenvalue weighted by molar-refractivity contribution is -0.124. The molecule has 3 atom stereocenters. The van der Waals surface area contributed by atoms with Crippen LogP contribution in [-0.4, -0.2) is 11.9 Å². The summed E-state index contributed by atoms with van der Waals surface area (Å²) in [5.41, 5.74) is 8.22. The van der Waals surface area contributed by atoms with Crippen LogP contribution < -0.4 is 11.1 Å². The summed E-state index contributed by atoms with van der Waals surface area (Å²) in [6.07, 6.45) is 0.910. The highest BCUT2D eigenvalue weighted by atomic mass is 16.2. The summed E-state index contributed by atoms with van der Waals surface area (Å²) in [6.45, 7) is 8.07. The number of rotatable bonds is 5. The highest BCUT2D eigenvalue weighted by Crippen LogP contribution is 2.14. The van der Waals surface area contributed by atoms with Crippen molar-refractivity contribution >= 4 is 5.91 Å². The second-order valence-corrected chi connectivity index (χ2v) is 5.06. The van der Waals surface area contributed by atoms with Gasteiger partial charge >= 0.3 is 0 Å². The Hall–Kier alpha value is -1.35. The van der Waals surface area contributed by atoms with E-state index >= 15 is 0 Å². The third-order valence-electron chi connectivity index (χ3n) is 3.46. The molecule has 1 amide bonds. The van der Waals surface area contributed by atoms with E-state index in [0.29, 0.717) is 0 Å². The lowest BCUT2D eigenvalue weighted by Gasteiger charge is -2.21. The smallest absolute Gasteiger partial charge is 0.237 e. The molecule has 0 saturated heterocycles. The molecule has 100 valence electrons. The van der Waals surface area contributed by atoms with Crippen LogP contribution >= 0.6 is 0 Å². The number of carbonyl (C=O) groups excluding carboxylic acids is 1. The zero-order chi connectivity index (χ0) is 13.7. The van der Waals surface area contributed by atoms with Crippen LogP contribution in [0.1, 0.15) is 44.4 Å². The predicted octanol–water partition coefficient (Wildman–Crippen LogP) is 2.55. The number of amides is 1. The van der Waals surface area contributed by atoms with Crippen molar-refractivity contribution in [2.45, 2.75) is 46.2 Å². The van der Waals surface area contributed by atoms with Gasteiger partial charge in [-0.15, -0.1) is 0 Å². The quantitative estimate of drug-likeness (QED) is 0.841. The first kappa shape index (κ1) is 14.7. The standard InChI is InChI=1S/C15H24N2O/c1-5-11(3)14(16)15(18)17-12(4)13-8-6-7-10(2)9-13/h6-9,11-12,14H,5,16H2,1-4H3,(H,17,18)/t11-,12-,14-/m0/s1. The summed E-state index contributed by atoms with van der Waals surface area (Å²) in [5.74, 6) is 0.132. The molecule has 0 bridgehead atoms. The van der Waals surface area contributed by atoms with Crippen LogP contribution in [0.3, 0.4) is 0 Å². The van der Waals surface area contributed by atoms with Crippen molar-refractivity contribution < 1.29 is 4.79 Å². The molecule has 0 aliphatic carbocycles. The Morgan fingerprint density at radius 2 is 2.06 bits per heavy atom. The summed E-state index contributed by atoms with van der Waals surface area (Å²) in [7, 11) is 0. The summed E-state index contributed by atoms with van der Waals surface area (Å²) in [5, 5.41) is 2.97. The minimum Gasteiger partial charge on any atom is -0.348 e. The predicted molar refractivity (Wildman–Crippen MR) is 75.2 cm³/mol. The molecule has 0 aliphatic rings. The molecule has 0 spiro atoms. The number of aryl methyl sites for hydroxylation is 1. The van der Waals surface area contributed by atoms with Crippen LogP contribution in [0.25, 0.3) is 0 Å². The van der Waals surface area contributed by atoms with Crippen LogP contribution in [0.5, 0.6) is 0 Å². The zero-order valence-electron chi connectivity index (χ0n) is 11.7. The summed E-state index contributed by atoms with van der Waals surface area (Å²) in [4.78, 5) is 12.0. The van der Waals surface area contributed by atoms with Gasteiger partial charge in [-0.2, -0.15) is 0 Å². The molecule has 0 aromatic heterocycles. The van der Waals surface area contributed by atoms with Gasteiger partial charge in [-0.1, -0.05) is 50.1 Å². The SMILES string of the molecule is CC[C@H](C)[C@H](N)C(=O)N[C@@H](C)c1cccc(C)c1. The number of hydrogen-bond acceptors (Lipinski definition) is 2. The molecule has 0 fully saturated rings. The molecule has 1 aromatic rings. The summed E-state index contributed by atoms with van der Waals surface area (Å²) < 4.78 is 0. The van der Waals surface area contributed by atoms with E-state index in [2.05, 4.69) is 11.4 Å². The normalized spacial score (nSPS) is 15.8. The van der Waals surface area contributed by atoms with Crippen LogP contribution in [0.15, 0.2) is 24.3 Å². The first-order valence-corrected chi connectivity index (χ1v) is 6.58. The van der Waals surface area contributed by atoms with Gasteiger partial charge in [-0.25, -0.2) is 0 Å². The van der Waals surface area contributed by atoms with E-state index in [1.165, 1.54) is 5.56 Å². The van der Waals surface area contributed by atoms with Crippen molar-refractivity contribution in [1.29, 1.82) is 0 Å². The van der Waals surface area contributed by atoms with Crippen LogP contribution in [0.4, 0.5) is 0 Å². The fraction of sp³-hybridized carbons (Fsp3) is 0.533. The van der Waals surface area contributed by atoms with E-state index in [1.54, 1.807) is 0 Å². The maximum atomic E-state index is 12.0. The maximum absolute atomic E-state index is 12.0. The largest absolute Gasteiger partial charge is 0.348 e. The lowest BCUT2D eigenvalue weighted by atomic mass is 9.98. The second kappa shape index (κ2) is 6.55. The highest BCUT2D eigenvalue weighted by molar-refractivity contribution is 5.82. The van der Waals surface area contributed by atoms with E-state index < -0.39 is 6.04 Å². The molecule has 0 heterocycles. The van der Waals surface area contributed by atoms with Gasteiger partial charge in [-0.05, 0) is 25.3 Å². The highest BCUT2D eigenvalue weighted by Gasteiger charge is 2.21. The molecule has 1 aromatic carbocycles. The van der Waals surface area contributed by atoms with Crippen molar-refractivity contribution in [1.82, 2.24) is 5.32 Å². The van der Waals surface area contributed by atoms with Crippen molar-refractivity contribution in [2.75, 3.05) is 0 Å². The van der Waals surface area contributed by atoms with Crippen molar-refractivity contribution in [3.05, 3.63) is 35.4 Å². The van der Waals surface area contributed by atoms with Gasteiger partial charge in [0.05, 0.1) is 12.1 Å². The van der Waals surface area contributed by atoms with Gasteiger partial charge in [-0.3, -0.25) is 4.79 Å². The molecule has 18 heavy (non-hydrogen) atoms. The van der Waals surface area contributed by atoms with E-state index in [4.69, 9.17) is 5.73 Å². The number of carbonyl (C=O) groups is 1. The van der Waals surface area contributed by atoms with E-state index in [-0.39, 0.29) is 17.9 Å². The van der Waals surface area contributed by atoms with Gasteiger partial charge in [0.2, 0.25) is 5.91 Å². The average Bonchev–Trinajstić information content (AvgIpc) is 2.36. The lowest BCUT2D eigenvalue weighted by Crippen LogP contribution is -2.45. The summed E-state index contributed by atoms with van der Waals surface area (Å²) >= 11 is 0. The summed E-state index contributed by atoms with van der Waals surface area (Å²) in [6, 6.07) is 7.71. The number of nitrogens with one attached hydrogen (secondary N) is 1. The number of hydrogen-bond donors (Lipinski definition) is 2. The van der Waals surface area contributed by atoms with Gasteiger partial charge in [0.25, 0.3) is 0 Å². The third kappa shape index (κ3) is 3.84. The van der Waals surface area contributed by atoms with Crippen molar-refractivity contribution in [3.8, 4) is 0 Å². The molecule has 1 rings (SSSR count). The third-order valence-corrected chi connectivity index (χ3v) is 3.46. The molecule has 0 radical (unpaired) electrons. The minimum absolute atomic E-state index is 0.00694. The van der Waals surface area contributed by atoms with Gasteiger partial charge < -0.3 is 11.1 Å². The fourth-order valence-electron chi connectivity index (χ4n) is 1.84. The average molecular weight is 248 g/mol. The van der Waals surface area contributed by atoms with Crippen molar-refractivity contribution in [2.24, 2.45) is 11.7 Å². The molecule has 0 saturated carbocycles. The van der Waals surface area contributed by atoms with E-state index in [9.17, 15) is 4.79 Å². The number of nitrogens with two attached hydrogens (primary N) is 1. The van der Waals surface area contributed by atoms with E-state index in [0.717, 1.165) is 12.0 Å². The van der Waals surface area contributed by atoms with Gasteiger partial charge in [0, 0.05) is 0 Å². The van der Waals surface area contributed by atoms with Crippen LogP contribution in [0.2, 0.25) is 0 Å². The molecule has 0 unspecified atom stereocenters. The molecular weight excluding hydrogens is 224 g/mol. The molecular formula is C15H24N2O. The maximum Gasteiger partial charge on any atom is 0.237 e. The Bertz CT molecular complexity index is 403. The monoisotopic (exact) mass is 248 g/mol. The second-order valence-electron chi connectivity index (χ2n) is 5.06. The Morgan fingerprint density at radius 3 is 2.61 bits per heavy atom. The van der Waals surface area contributed by atoms with Crippen molar-refractivity contribution in [3.63, 3.8) is 0 Å². The van der Waals surface area contributed by atoms with E-state index in [1.807, 2.05) is 45.9 Å². The molecule has 3 heteroatoms. The number of benzene rings is 1. The van der Waals surface area contributed by atoms with Gasteiger partial charge in [0.1, 0.15) is 0 Å². The first-order chi connectivity index (χ1) is 8.45. The Morgan fingerprint density at radius 1 is 1.39 bits per heavy atom. The zero-order valence-corrected chi connectivity index (χ0v) is 11.7. The first-order valence-electron chi connectivity index (χ1n) is 6.58. The van der Waals surface area contributed by atoms with Crippen LogP contribution in [0, 0.1) is 12.8 Å². The Kier molecular flexibility index (Phi) is 5.35. The van der Waals surface area contributed by atoms with Crippen LogP contribution in [-0.2, 0) is 4.79 Å². The molecule has 3 nitrogen and oxygen atoms in total. The molecule has 3 N–H and O–H groups in total. The fourth-order valence-corrected chi connectivity index (χ4v) is 1.84. The molecule has 0 aliphatic heterocycles. The Balaban J connectivity index is 2.65. The minimum atomic E-state index is -0.428. The van der Waals surface area contributed by atoms with Gasteiger partial charge in [0.15, 0.2) is 0 Å².